The maximum Gasteiger partial charge on any atom is 0.138 e. The fraction of sp³-hybridized carbons (Fsp3) is 0.765. The minimum Gasteiger partial charge on any atom is -0.373 e. The van der Waals surface area contributed by atoms with E-state index < -0.39 is 0 Å². The largest absolute Gasteiger partial charge is 0.373 e. The second-order valence-electron chi connectivity index (χ2n) is 6.88. The first-order valence-corrected chi connectivity index (χ1v) is 8.07. The zero-order chi connectivity index (χ0) is 16.2. The van der Waals surface area contributed by atoms with Crippen LogP contribution in [0.3, 0.4) is 0 Å². The van der Waals surface area contributed by atoms with Crippen LogP contribution in [0.1, 0.15) is 65.8 Å². The van der Waals surface area contributed by atoms with Crippen molar-refractivity contribution >= 4 is 11.6 Å². The molecular formula is C17H32N4. The molecule has 120 valence electrons. The molecule has 1 rings (SSSR count). The Morgan fingerprint density at radius 2 is 1.57 bits per heavy atom. The fourth-order valence-electron chi connectivity index (χ4n) is 2.57. The smallest absolute Gasteiger partial charge is 0.138 e. The third-order valence-corrected chi connectivity index (χ3v) is 4.17. The van der Waals surface area contributed by atoms with Gasteiger partial charge in [0, 0.05) is 24.1 Å². The van der Waals surface area contributed by atoms with Crippen molar-refractivity contribution in [1.29, 1.82) is 0 Å². The van der Waals surface area contributed by atoms with Gasteiger partial charge in [0.1, 0.15) is 17.5 Å². The highest BCUT2D eigenvalue weighted by molar-refractivity contribution is 5.57. The van der Waals surface area contributed by atoms with Gasteiger partial charge in [-0.2, -0.15) is 0 Å². The molecule has 4 nitrogen and oxygen atoms in total. The summed E-state index contributed by atoms with van der Waals surface area (Å²) < 4.78 is 0. The van der Waals surface area contributed by atoms with E-state index >= 15 is 0 Å². The van der Waals surface area contributed by atoms with E-state index in [1.54, 1.807) is 0 Å². The van der Waals surface area contributed by atoms with E-state index in [0.717, 1.165) is 23.0 Å². The van der Waals surface area contributed by atoms with Crippen molar-refractivity contribution in [3.05, 3.63) is 11.4 Å². The Balaban J connectivity index is 3.16. The number of aromatic nitrogens is 2. The van der Waals surface area contributed by atoms with Crippen LogP contribution in [-0.4, -0.2) is 23.1 Å². The van der Waals surface area contributed by atoms with Crippen molar-refractivity contribution in [2.24, 2.45) is 5.92 Å². The molecule has 4 heteroatoms. The molecule has 1 aromatic rings. The summed E-state index contributed by atoms with van der Waals surface area (Å²) in [5.41, 5.74) is 1.02. The minimum absolute atomic E-state index is 0.0616. The number of hydrogen-bond donors (Lipinski definition) is 2. The monoisotopic (exact) mass is 292 g/mol. The van der Waals surface area contributed by atoms with Crippen molar-refractivity contribution in [2.75, 3.05) is 17.7 Å². The Bertz CT molecular complexity index is 459. The molecule has 0 spiro atoms. The first-order chi connectivity index (χ1) is 9.74. The van der Waals surface area contributed by atoms with Gasteiger partial charge in [-0.05, 0) is 19.8 Å². The predicted molar refractivity (Wildman–Crippen MR) is 92.2 cm³/mol. The van der Waals surface area contributed by atoms with Gasteiger partial charge in [-0.25, -0.2) is 9.97 Å². The van der Waals surface area contributed by atoms with Crippen LogP contribution in [0.2, 0.25) is 0 Å². The summed E-state index contributed by atoms with van der Waals surface area (Å²) in [5, 5.41) is 6.80. The molecular weight excluding hydrogens is 260 g/mol. The van der Waals surface area contributed by atoms with Crippen LogP contribution < -0.4 is 10.6 Å². The molecule has 0 aliphatic rings. The van der Waals surface area contributed by atoms with Crippen LogP contribution in [0.25, 0.3) is 0 Å². The van der Waals surface area contributed by atoms with E-state index in [-0.39, 0.29) is 5.41 Å². The summed E-state index contributed by atoms with van der Waals surface area (Å²) in [4.78, 5) is 9.43. The van der Waals surface area contributed by atoms with E-state index in [2.05, 4.69) is 64.1 Å². The molecule has 0 saturated heterocycles. The highest BCUT2D eigenvalue weighted by atomic mass is 15.1. The second kappa shape index (κ2) is 7.10. The predicted octanol–water partition coefficient (Wildman–Crippen LogP) is 4.36. The Hall–Kier alpha value is -1.32. The summed E-state index contributed by atoms with van der Waals surface area (Å²) in [6, 6.07) is 0.408. The summed E-state index contributed by atoms with van der Waals surface area (Å²) >= 11 is 0. The van der Waals surface area contributed by atoms with Gasteiger partial charge in [0.25, 0.3) is 0 Å². The number of nitrogens with one attached hydrogen (secondary N) is 2. The Morgan fingerprint density at radius 1 is 1.05 bits per heavy atom. The minimum atomic E-state index is -0.0616. The number of hydrogen-bond acceptors (Lipinski definition) is 4. The summed E-state index contributed by atoms with van der Waals surface area (Å²) in [6.45, 7) is 15.2. The normalized spacial score (nSPS) is 13.4. The van der Waals surface area contributed by atoms with E-state index in [1.807, 2.05) is 7.05 Å². The topological polar surface area (TPSA) is 49.8 Å². The van der Waals surface area contributed by atoms with Gasteiger partial charge in [0.15, 0.2) is 0 Å². The Labute approximate surface area is 130 Å². The average molecular weight is 292 g/mol. The highest BCUT2D eigenvalue weighted by Crippen LogP contribution is 2.27. The molecule has 1 aromatic heterocycles. The van der Waals surface area contributed by atoms with Crippen molar-refractivity contribution < 1.29 is 0 Å². The van der Waals surface area contributed by atoms with Crippen molar-refractivity contribution in [1.82, 2.24) is 9.97 Å². The zero-order valence-corrected chi connectivity index (χ0v) is 15.0. The lowest BCUT2D eigenvalue weighted by Gasteiger charge is -2.26. The first kappa shape index (κ1) is 17.7. The van der Waals surface area contributed by atoms with Crippen molar-refractivity contribution in [2.45, 2.75) is 72.8 Å². The fourth-order valence-corrected chi connectivity index (χ4v) is 2.57. The third kappa shape index (κ3) is 4.32. The van der Waals surface area contributed by atoms with E-state index in [4.69, 9.17) is 4.98 Å². The lowest BCUT2D eigenvalue weighted by molar-refractivity contribution is 0.436. The van der Waals surface area contributed by atoms with Gasteiger partial charge in [0.2, 0.25) is 0 Å². The van der Waals surface area contributed by atoms with E-state index in [9.17, 15) is 0 Å². The van der Waals surface area contributed by atoms with E-state index in [0.29, 0.717) is 12.0 Å². The molecule has 1 atom stereocenters. The zero-order valence-electron chi connectivity index (χ0n) is 15.0. The molecule has 0 bridgehead atoms. The first-order valence-electron chi connectivity index (χ1n) is 8.07. The Kier molecular flexibility index (Phi) is 5.99. The molecule has 0 fully saturated rings. The van der Waals surface area contributed by atoms with Crippen molar-refractivity contribution in [3.63, 3.8) is 0 Å². The molecule has 0 aliphatic heterocycles. The lowest BCUT2D eigenvalue weighted by atomic mass is 9.94. The van der Waals surface area contributed by atoms with Gasteiger partial charge >= 0.3 is 0 Å². The maximum atomic E-state index is 4.78. The SMILES string of the molecule is CCC(CC)C(C)Nc1nc(C(C)(C)C)nc(NC)c1C. The molecule has 0 aliphatic carbocycles. The van der Waals surface area contributed by atoms with Crippen LogP contribution in [0.15, 0.2) is 0 Å². The summed E-state index contributed by atoms with van der Waals surface area (Å²) in [6.07, 6.45) is 2.36. The molecule has 0 radical (unpaired) electrons. The van der Waals surface area contributed by atoms with Gasteiger partial charge < -0.3 is 10.6 Å². The number of nitrogens with zero attached hydrogens (tertiary/aromatic N) is 2. The molecule has 21 heavy (non-hydrogen) atoms. The van der Waals surface area contributed by atoms with Gasteiger partial charge in [-0.15, -0.1) is 0 Å². The number of rotatable bonds is 6. The van der Waals surface area contributed by atoms with Gasteiger partial charge in [-0.1, -0.05) is 47.5 Å². The van der Waals surface area contributed by atoms with Crippen LogP contribution >= 0.6 is 0 Å². The molecule has 2 N–H and O–H groups in total. The van der Waals surface area contributed by atoms with Crippen LogP contribution in [0.4, 0.5) is 11.6 Å². The molecule has 1 unspecified atom stereocenters. The summed E-state index contributed by atoms with van der Waals surface area (Å²) in [5.74, 6) is 3.40. The number of anilines is 2. The van der Waals surface area contributed by atoms with E-state index in [1.165, 1.54) is 12.8 Å². The van der Waals surface area contributed by atoms with Crippen LogP contribution in [-0.2, 0) is 5.41 Å². The molecule has 0 amide bonds. The molecule has 0 aromatic carbocycles. The van der Waals surface area contributed by atoms with Crippen molar-refractivity contribution in [3.8, 4) is 0 Å². The highest BCUT2D eigenvalue weighted by Gasteiger charge is 2.22. The van der Waals surface area contributed by atoms with Crippen LogP contribution in [0, 0.1) is 12.8 Å². The standard InChI is InChI=1S/C17H32N4/c1-9-13(10-2)12(4)19-15-11(3)14(18-8)20-16(21-15)17(5,6)7/h12-13H,9-10H2,1-8H3,(H2,18,19,20,21). The molecule has 0 saturated carbocycles. The average Bonchev–Trinajstić information content (AvgIpc) is 2.41. The molecule has 1 heterocycles. The van der Waals surface area contributed by atoms with Crippen LogP contribution in [0.5, 0.6) is 0 Å². The van der Waals surface area contributed by atoms with Gasteiger partial charge in [0.05, 0.1) is 0 Å². The summed E-state index contributed by atoms with van der Waals surface area (Å²) in [7, 11) is 1.91. The third-order valence-electron chi connectivity index (χ3n) is 4.17. The van der Waals surface area contributed by atoms with Gasteiger partial charge in [-0.3, -0.25) is 0 Å². The Morgan fingerprint density at radius 3 is 2.00 bits per heavy atom. The lowest BCUT2D eigenvalue weighted by Crippen LogP contribution is -2.27. The second-order valence-corrected chi connectivity index (χ2v) is 6.88. The maximum absolute atomic E-state index is 4.78. The quantitative estimate of drug-likeness (QED) is 0.818.